The molecular formula is C55H81N11O15S. The molecule has 0 spiro atoms. The van der Waals surface area contributed by atoms with Gasteiger partial charge in [0, 0.05) is 44.4 Å². The van der Waals surface area contributed by atoms with E-state index >= 15 is 0 Å². The number of benzene rings is 2. The van der Waals surface area contributed by atoms with E-state index in [2.05, 4.69) is 36.9 Å². The van der Waals surface area contributed by atoms with Crippen molar-refractivity contribution in [1.29, 1.82) is 0 Å². The minimum absolute atomic E-state index is 0.0107. The molecule has 7 amide bonds. The monoisotopic (exact) mass is 1170 g/mol. The number of amides is 7. The summed E-state index contributed by atoms with van der Waals surface area (Å²) in [5, 5.41) is 17.5. The van der Waals surface area contributed by atoms with Crippen molar-refractivity contribution in [2.75, 3.05) is 26.2 Å². The number of esters is 1. The number of hydrogen-bond acceptors (Lipinski definition) is 14. The second-order valence-electron chi connectivity index (χ2n) is 21.3. The fourth-order valence-corrected chi connectivity index (χ4v) is 9.94. The van der Waals surface area contributed by atoms with Crippen LogP contribution < -0.4 is 48.4 Å². The van der Waals surface area contributed by atoms with Gasteiger partial charge < -0.3 is 50.8 Å². The second-order valence-corrected chi connectivity index (χ2v) is 22.1. The van der Waals surface area contributed by atoms with Crippen LogP contribution in [0.4, 0.5) is 4.79 Å². The van der Waals surface area contributed by atoms with Gasteiger partial charge in [-0.3, -0.25) is 59.1 Å². The van der Waals surface area contributed by atoms with E-state index in [0.717, 1.165) is 37.7 Å². The molecule has 2 aromatic carbocycles. The third-order valence-corrected chi connectivity index (χ3v) is 13.6. The van der Waals surface area contributed by atoms with Gasteiger partial charge in [0.1, 0.15) is 41.9 Å². The molecule has 26 nitrogen and oxygen atoms in total. The molecule has 0 bridgehead atoms. The molecule has 2 heterocycles. The van der Waals surface area contributed by atoms with Gasteiger partial charge in [0.25, 0.3) is 0 Å². The van der Waals surface area contributed by atoms with Gasteiger partial charge in [-0.05, 0) is 95.8 Å². The lowest BCUT2D eigenvalue weighted by Gasteiger charge is -2.32. The van der Waals surface area contributed by atoms with Gasteiger partial charge in [-0.1, -0.05) is 80.6 Å². The van der Waals surface area contributed by atoms with Gasteiger partial charge in [-0.25, -0.2) is 18.0 Å². The standard InChI is InChI=1S/C55H79N11O11.H2O4S/c1-6-76-52(74)41(24-16-27-58-53(56)57)62-49(71)44(32-38-33-65(34-67)45-25-14-13-22-39(38)45)63-48(70)43(31-37-20-11-8-12-21-37)64-50(72)46-26-17-29-66(46)51(73)40(23-15-28-59-54(75)77-55(3,4)5)61-47(69)42(60-35(2)68)30-36-18-9-7-10-19-36;1-5(2,3)4/h7,9-10,13-14,18-19,22,25,33-34,37,40-44,46H,6,8,11-12,15-17,20-21,23-24,26-32H2,1-5H3,(H,59,75)(H,60,68)(H,61,69)(H,62,71)(H,63,70)(H,64,72)(H4,56,57,58);(H2,1,2,3,4)/t40-,41-,42-,43+,44-,46-;/m0./s1. The number of carbonyl (C=O) groups is 9. The molecule has 6 atom stereocenters. The maximum absolute atomic E-state index is 14.9. The van der Waals surface area contributed by atoms with Crippen LogP contribution in [0.25, 0.3) is 10.9 Å². The smallest absolute Gasteiger partial charge is 0.407 e. The fourth-order valence-electron chi connectivity index (χ4n) is 9.94. The Morgan fingerprint density at radius 2 is 1.39 bits per heavy atom. The molecule has 1 aromatic heterocycles. The van der Waals surface area contributed by atoms with Gasteiger partial charge in [0.05, 0.1) is 18.7 Å². The molecule has 2 fully saturated rings. The summed E-state index contributed by atoms with van der Waals surface area (Å²) in [4.78, 5) is 128. The highest BCUT2D eigenvalue weighted by Crippen LogP contribution is 2.29. The number of fused-ring (bicyclic) bond motifs is 1. The number of alkyl carbamates (subject to hydrolysis) is 1. The average Bonchev–Trinajstić information content (AvgIpc) is 4.27. The molecule has 12 N–H and O–H groups in total. The minimum Gasteiger partial charge on any atom is -0.726 e. The average molecular weight is 1170 g/mol. The first-order valence-electron chi connectivity index (χ1n) is 27.6. The van der Waals surface area contributed by atoms with Gasteiger partial charge in [0.15, 0.2) is 0 Å². The Kier molecular flexibility index (Phi) is 26.7. The molecule has 452 valence electrons. The minimum atomic E-state index is -4.92. The van der Waals surface area contributed by atoms with Crippen molar-refractivity contribution in [3.8, 4) is 0 Å². The molecule has 3 aromatic rings. The Morgan fingerprint density at radius 3 is 2.01 bits per heavy atom. The summed E-state index contributed by atoms with van der Waals surface area (Å²) in [6.45, 7) is 8.71. The lowest BCUT2D eigenvalue weighted by atomic mass is 9.84. The van der Waals surface area contributed by atoms with Crippen LogP contribution in [0.15, 0.2) is 60.8 Å². The number of nitrogens with zero attached hydrogens (tertiary/aromatic N) is 2. The zero-order chi connectivity index (χ0) is 60.6. The molecule has 1 aliphatic carbocycles. The number of hydrogen-bond donors (Lipinski definition) is 10. The number of aromatic nitrogens is 1. The number of rotatable bonds is 27. The van der Waals surface area contributed by atoms with Crippen LogP contribution >= 0.6 is 0 Å². The van der Waals surface area contributed by atoms with E-state index < -0.39 is 99.8 Å². The summed E-state index contributed by atoms with van der Waals surface area (Å²) in [5.41, 5.74) is 12.3. The number of ether oxygens (including phenoxy) is 2. The maximum Gasteiger partial charge on any atom is 0.407 e. The first-order valence-corrected chi connectivity index (χ1v) is 28.9. The Bertz CT molecular complexity index is 2790. The number of carbonyl (C=O) groups excluding carboxylic acids is 9. The molecular weight excluding hydrogens is 1090 g/mol. The molecule has 2 aliphatic rings. The quantitative estimate of drug-likeness (QED) is 0.00904. The van der Waals surface area contributed by atoms with Crippen LogP contribution in [0.3, 0.4) is 0 Å². The summed E-state index contributed by atoms with van der Waals surface area (Å²) in [6.07, 6.45) is 7.72. The zero-order valence-electron chi connectivity index (χ0n) is 47.2. The molecule has 27 heteroatoms. The van der Waals surface area contributed by atoms with E-state index in [0.29, 0.717) is 42.3 Å². The van der Waals surface area contributed by atoms with Gasteiger partial charge >= 0.3 is 18.0 Å². The van der Waals surface area contributed by atoms with Crippen LogP contribution in [0.5, 0.6) is 0 Å². The first-order chi connectivity index (χ1) is 38.8. The second kappa shape index (κ2) is 32.7. The lowest BCUT2D eigenvalue weighted by Crippen LogP contribution is -2.78. The Balaban J connectivity index is 0.00000276. The van der Waals surface area contributed by atoms with Crippen molar-refractivity contribution in [3.05, 3.63) is 71.9 Å². The van der Waals surface area contributed by atoms with Gasteiger partial charge in [-0.2, -0.15) is 0 Å². The van der Waals surface area contributed by atoms with Gasteiger partial charge in [-0.15, -0.1) is 0 Å². The predicted octanol–water partition coefficient (Wildman–Crippen LogP) is -0.123. The predicted molar refractivity (Wildman–Crippen MR) is 300 cm³/mol. The summed E-state index contributed by atoms with van der Waals surface area (Å²) >= 11 is 0. The Hall–Kier alpha value is -7.65. The van der Waals surface area contributed by atoms with E-state index in [-0.39, 0.29) is 76.5 Å². The number of likely N-dealkylation sites (tertiary alicyclic amines) is 1. The normalized spacial score (nSPS) is 16.3. The number of para-hydroxylation sites is 1. The van der Waals surface area contributed by atoms with Crippen molar-refractivity contribution in [2.24, 2.45) is 17.4 Å². The van der Waals surface area contributed by atoms with E-state index in [1.54, 1.807) is 58.2 Å². The van der Waals surface area contributed by atoms with E-state index in [9.17, 15) is 43.2 Å². The van der Waals surface area contributed by atoms with Crippen molar-refractivity contribution < 1.29 is 75.1 Å². The summed E-state index contributed by atoms with van der Waals surface area (Å²) in [7, 11) is -4.92. The SMILES string of the molecule is CCOC(=O)[C@H](CCC[NH+]=C(N)N)NC(=O)[C@H](Cc1cn(C=O)c2ccccc12)NC(=O)[C@@H](CC1CCCCC1)NC(=O)[C@@H]1CCCN1C(=O)[C@H](CCCNC(=O)OC(C)(C)C)NC(=O)[C@H](Cc1ccccc1)NC(C)=O.O=S(=O)([O-])O. The molecule has 0 radical (unpaired) electrons. The Morgan fingerprint density at radius 1 is 0.793 bits per heavy atom. The van der Waals surface area contributed by atoms with Crippen molar-refractivity contribution in [3.63, 3.8) is 0 Å². The van der Waals surface area contributed by atoms with Crippen molar-refractivity contribution in [2.45, 2.75) is 166 Å². The third-order valence-electron chi connectivity index (χ3n) is 13.6. The highest BCUT2D eigenvalue weighted by molar-refractivity contribution is 7.79. The topological polar surface area (TPSA) is 396 Å². The van der Waals surface area contributed by atoms with Crippen LogP contribution in [-0.2, 0) is 71.1 Å². The number of nitrogens with one attached hydrogen (secondary N) is 7. The molecule has 5 rings (SSSR count). The van der Waals surface area contributed by atoms with Crippen LogP contribution in [0.2, 0.25) is 0 Å². The molecule has 1 saturated carbocycles. The van der Waals surface area contributed by atoms with Crippen LogP contribution in [-0.4, -0.2) is 155 Å². The lowest BCUT2D eigenvalue weighted by molar-refractivity contribution is -0.459. The Labute approximate surface area is 477 Å². The third kappa shape index (κ3) is 23.4. The number of guanidine groups is 1. The molecule has 82 heavy (non-hydrogen) atoms. The van der Waals surface area contributed by atoms with Gasteiger partial charge in [0.2, 0.25) is 52.3 Å². The summed E-state index contributed by atoms with van der Waals surface area (Å²) < 4.78 is 44.9. The maximum atomic E-state index is 14.9. The highest BCUT2D eigenvalue weighted by atomic mass is 32.3. The molecule has 1 saturated heterocycles. The van der Waals surface area contributed by atoms with Crippen LogP contribution in [0.1, 0.15) is 123 Å². The fraction of sp³-hybridized carbons (Fsp3) is 0.564. The summed E-state index contributed by atoms with van der Waals surface area (Å²) in [5.74, 6) is -4.29. The first kappa shape index (κ1) is 66.9. The van der Waals surface area contributed by atoms with E-state index in [1.807, 2.05) is 30.3 Å². The summed E-state index contributed by atoms with van der Waals surface area (Å²) in [6, 6.07) is 9.23. The largest absolute Gasteiger partial charge is 0.726 e. The zero-order valence-corrected chi connectivity index (χ0v) is 48.1. The van der Waals surface area contributed by atoms with Crippen molar-refractivity contribution in [1.82, 2.24) is 41.4 Å². The van der Waals surface area contributed by atoms with E-state index in [1.165, 1.54) is 16.4 Å². The molecule has 1 aliphatic heterocycles. The molecule has 0 unspecified atom stereocenters. The number of nitrogens with two attached hydrogens (primary N) is 2. The highest BCUT2D eigenvalue weighted by Gasteiger charge is 2.41. The van der Waals surface area contributed by atoms with E-state index in [4.69, 9.17) is 38.5 Å². The van der Waals surface area contributed by atoms with Crippen LogP contribution in [0, 0.1) is 5.92 Å². The van der Waals surface area contributed by atoms with Crippen molar-refractivity contribution >= 4 is 81.2 Å².